The van der Waals surface area contributed by atoms with E-state index in [-0.39, 0.29) is 12.0 Å². The first-order valence-electron chi connectivity index (χ1n) is 3.92. The second-order valence-electron chi connectivity index (χ2n) is 2.68. The number of carbonyl (C=O) groups excluding carboxylic acids is 1. The van der Waals surface area contributed by atoms with Crippen molar-refractivity contribution >= 4 is 11.6 Å². The molecule has 0 radical (unpaired) electrons. The van der Waals surface area contributed by atoms with Crippen molar-refractivity contribution in [3.8, 4) is 11.8 Å². The van der Waals surface area contributed by atoms with E-state index >= 15 is 0 Å². The number of rotatable bonds is 1. The van der Waals surface area contributed by atoms with Crippen LogP contribution in [0.4, 0.5) is 10.1 Å². The fraction of sp³-hybridized carbons (Fsp3) is 0.100. The van der Waals surface area contributed by atoms with E-state index in [1.54, 1.807) is 0 Å². The molecule has 0 atom stereocenters. The molecule has 0 spiro atoms. The van der Waals surface area contributed by atoms with Gasteiger partial charge in [0, 0.05) is 5.69 Å². The van der Waals surface area contributed by atoms with Crippen molar-refractivity contribution in [2.45, 2.75) is 6.42 Å². The Bertz CT molecular complexity index is 418. The fourth-order valence-corrected chi connectivity index (χ4v) is 0.865. The summed E-state index contributed by atoms with van der Waals surface area (Å²) in [4.78, 5) is 10.3. The Labute approximate surface area is 80.9 Å². The molecule has 0 aliphatic carbocycles. The van der Waals surface area contributed by atoms with E-state index in [1.165, 1.54) is 18.2 Å². The highest BCUT2D eigenvalue weighted by atomic mass is 19.1. The third-order valence-electron chi connectivity index (χ3n) is 1.48. The van der Waals surface area contributed by atoms with E-state index in [0.717, 1.165) is 0 Å². The fourth-order valence-electron chi connectivity index (χ4n) is 0.865. The van der Waals surface area contributed by atoms with Gasteiger partial charge in [0.25, 0.3) is 0 Å². The van der Waals surface area contributed by atoms with E-state index in [0.29, 0.717) is 5.69 Å². The smallest absolute Gasteiger partial charge is 0.229 e. The van der Waals surface area contributed by atoms with E-state index in [9.17, 15) is 9.18 Å². The Kier molecular flexibility index (Phi) is 3.08. The van der Waals surface area contributed by atoms with Crippen molar-refractivity contribution in [1.82, 2.24) is 0 Å². The zero-order chi connectivity index (χ0) is 10.6. The van der Waals surface area contributed by atoms with Gasteiger partial charge in [0.05, 0.1) is 12.0 Å². The summed E-state index contributed by atoms with van der Waals surface area (Å²) in [5.41, 5.74) is 10.9. The number of benzene rings is 1. The maximum absolute atomic E-state index is 13.0. The molecule has 4 heteroatoms. The van der Waals surface area contributed by atoms with Crippen LogP contribution in [-0.4, -0.2) is 5.91 Å². The van der Waals surface area contributed by atoms with Crippen LogP contribution >= 0.6 is 0 Å². The highest BCUT2D eigenvalue weighted by Crippen LogP contribution is 2.10. The van der Waals surface area contributed by atoms with Crippen LogP contribution in [0.15, 0.2) is 18.2 Å². The highest BCUT2D eigenvalue weighted by molar-refractivity contribution is 5.76. The van der Waals surface area contributed by atoms with E-state index in [4.69, 9.17) is 11.5 Å². The average molecular weight is 192 g/mol. The lowest BCUT2D eigenvalue weighted by Crippen LogP contribution is -2.08. The van der Waals surface area contributed by atoms with Crippen LogP contribution in [0.25, 0.3) is 0 Å². The summed E-state index contributed by atoms with van der Waals surface area (Å²) in [6.45, 7) is 0. The first-order valence-corrected chi connectivity index (χ1v) is 3.92. The Hall–Kier alpha value is -2.02. The summed E-state index contributed by atoms with van der Waals surface area (Å²) in [6, 6.07) is 4.07. The van der Waals surface area contributed by atoms with E-state index < -0.39 is 11.7 Å². The zero-order valence-electron chi connectivity index (χ0n) is 7.38. The van der Waals surface area contributed by atoms with Crippen LogP contribution < -0.4 is 11.5 Å². The quantitative estimate of drug-likeness (QED) is 0.506. The van der Waals surface area contributed by atoms with Gasteiger partial charge in [-0.15, -0.1) is 0 Å². The maximum Gasteiger partial charge on any atom is 0.229 e. The Morgan fingerprint density at radius 2 is 2.21 bits per heavy atom. The van der Waals surface area contributed by atoms with Crippen molar-refractivity contribution in [2.75, 3.05) is 5.73 Å². The number of carbonyl (C=O) groups is 1. The van der Waals surface area contributed by atoms with E-state index in [2.05, 4.69) is 11.8 Å². The Balaban J connectivity index is 2.88. The van der Waals surface area contributed by atoms with Gasteiger partial charge >= 0.3 is 0 Å². The molecule has 1 aromatic carbocycles. The summed E-state index contributed by atoms with van der Waals surface area (Å²) in [6.07, 6.45) is -0.0890. The monoisotopic (exact) mass is 192 g/mol. The second-order valence-corrected chi connectivity index (χ2v) is 2.68. The van der Waals surface area contributed by atoms with Crippen molar-refractivity contribution in [3.63, 3.8) is 0 Å². The molecule has 72 valence electrons. The Morgan fingerprint density at radius 1 is 1.50 bits per heavy atom. The van der Waals surface area contributed by atoms with Gasteiger partial charge in [-0.2, -0.15) is 0 Å². The van der Waals surface area contributed by atoms with Gasteiger partial charge in [-0.05, 0) is 18.2 Å². The molecule has 0 aromatic heterocycles. The minimum atomic E-state index is -0.540. The number of hydrogen-bond donors (Lipinski definition) is 2. The van der Waals surface area contributed by atoms with Crippen molar-refractivity contribution in [2.24, 2.45) is 5.73 Å². The number of anilines is 1. The van der Waals surface area contributed by atoms with Crippen LogP contribution in [0, 0.1) is 17.7 Å². The molecule has 0 bridgehead atoms. The number of halogens is 1. The van der Waals surface area contributed by atoms with Gasteiger partial charge < -0.3 is 11.5 Å². The van der Waals surface area contributed by atoms with E-state index in [1.807, 2.05) is 0 Å². The van der Waals surface area contributed by atoms with Crippen LogP contribution in [0.2, 0.25) is 0 Å². The second kappa shape index (κ2) is 4.28. The molecule has 1 amide bonds. The minimum absolute atomic E-state index is 0.0890. The SMILES string of the molecule is NC(=O)CC#Cc1cc(N)ccc1F. The van der Waals surface area contributed by atoms with Crippen molar-refractivity contribution in [1.29, 1.82) is 0 Å². The minimum Gasteiger partial charge on any atom is -0.399 e. The predicted molar refractivity (Wildman–Crippen MR) is 51.5 cm³/mol. The number of nitrogen functional groups attached to an aromatic ring is 1. The summed E-state index contributed by atoms with van der Waals surface area (Å²) in [5, 5.41) is 0. The zero-order valence-corrected chi connectivity index (χ0v) is 7.38. The normalized spacial score (nSPS) is 8.93. The molecule has 0 heterocycles. The topological polar surface area (TPSA) is 69.1 Å². The average Bonchev–Trinajstić information content (AvgIpc) is 2.10. The highest BCUT2D eigenvalue weighted by Gasteiger charge is 1.98. The number of hydrogen-bond acceptors (Lipinski definition) is 2. The molecule has 3 nitrogen and oxygen atoms in total. The van der Waals surface area contributed by atoms with Gasteiger partial charge in [0.15, 0.2) is 0 Å². The summed E-state index contributed by atoms with van der Waals surface area (Å²) in [7, 11) is 0. The summed E-state index contributed by atoms with van der Waals surface area (Å²) in [5.74, 6) is 3.93. The molecule has 0 aliphatic rings. The molecule has 1 aromatic rings. The van der Waals surface area contributed by atoms with Crippen LogP contribution in [-0.2, 0) is 4.79 Å². The molecule has 0 saturated heterocycles. The van der Waals surface area contributed by atoms with Crippen LogP contribution in [0.3, 0.4) is 0 Å². The molecule has 0 saturated carbocycles. The molecular formula is C10H9FN2O. The molecular weight excluding hydrogens is 183 g/mol. The van der Waals surface area contributed by atoms with Crippen molar-refractivity contribution in [3.05, 3.63) is 29.6 Å². The summed E-state index contributed by atoms with van der Waals surface area (Å²) < 4.78 is 13.0. The molecule has 0 unspecified atom stereocenters. The van der Waals surface area contributed by atoms with Gasteiger partial charge in [-0.1, -0.05) is 11.8 Å². The first-order chi connectivity index (χ1) is 6.59. The lowest BCUT2D eigenvalue weighted by Gasteiger charge is -1.95. The van der Waals surface area contributed by atoms with Gasteiger partial charge in [-0.3, -0.25) is 4.79 Å². The maximum atomic E-state index is 13.0. The molecule has 1 rings (SSSR count). The van der Waals surface area contributed by atoms with Crippen molar-refractivity contribution < 1.29 is 9.18 Å². The largest absolute Gasteiger partial charge is 0.399 e. The summed E-state index contributed by atoms with van der Waals surface area (Å²) >= 11 is 0. The Morgan fingerprint density at radius 3 is 2.86 bits per heavy atom. The molecule has 0 fully saturated rings. The van der Waals surface area contributed by atoms with Crippen LogP contribution in [0.1, 0.15) is 12.0 Å². The molecule has 14 heavy (non-hydrogen) atoms. The number of nitrogens with two attached hydrogens (primary N) is 2. The third-order valence-corrected chi connectivity index (χ3v) is 1.48. The third kappa shape index (κ3) is 2.79. The van der Waals surface area contributed by atoms with Gasteiger partial charge in [0.1, 0.15) is 5.82 Å². The lowest BCUT2D eigenvalue weighted by atomic mass is 10.2. The number of amides is 1. The van der Waals surface area contributed by atoms with Crippen LogP contribution in [0.5, 0.6) is 0 Å². The van der Waals surface area contributed by atoms with Gasteiger partial charge in [-0.25, -0.2) is 4.39 Å². The predicted octanol–water partition coefficient (Wildman–Crippen LogP) is 0.635. The standard InChI is InChI=1S/C10H9FN2O/c11-9-5-4-8(12)6-7(9)2-1-3-10(13)14/h4-6H,3,12H2,(H2,13,14). The number of primary amides is 1. The first kappa shape index (κ1) is 10.1. The van der Waals surface area contributed by atoms with Gasteiger partial charge in [0.2, 0.25) is 5.91 Å². The molecule has 4 N–H and O–H groups in total. The lowest BCUT2D eigenvalue weighted by molar-refractivity contribution is -0.117. The molecule has 0 aliphatic heterocycles.